The lowest BCUT2D eigenvalue weighted by Gasteiger charge is -2.43. The van der Waals surface area contributed by atoms with Crippen molar-refractivity contribution in [3.63, 3.8) is 0 Å². The lowest BCUT2D eigenvalue weighted by Crippen LogP contribution is -2.55. The van der Waals surface area contributed by atoms with Gasteiger partial charge in [-0.25, -0.2) is 16.8 Å². The van der Waals surface area contributed by atoms with Crippen LogP contribution in [0.5, 0.6) is 0 Å². The summed E-state index contributed by atoms with van der Waals surface area (Å²) in [4.78, 5) is 16.1. The molecule has 1 unspecified atom stereocenters. The molecule has 1 aromatic rings. The van der Waals surface area contributed by atoms with Crippen molar-refractivity contribution in [2.24, 2.45) is 23.5 Å². The molecule has 4 rings (SSSR count). The minimum Gasteiger partial charge on any atom is -0.340 e. The first kappa shape index (κ1) is 26.0. The Bertz CT molecular complexity index is 1070. The molecule has 9 nitrogen and oxygen atoms in total. The normalized spacial score (nSPS) is 26.6. The SMILES string of the molecule is CS(=O)(=O)N1CCN(C(=O)[C@H]2CC(C3CCCCC3)CN(S(=O)(=O)c3ccc(CN)s3)C2)CC1. The lowest BCUT2D eigenvalue weighted by molar-refractivity contribution is -0.139. The van der Waals surface area contributed by atoms with Gasteiger partial charge in [-0.2, -0.15) is 8.61 Å². The van der Waals surface area contributed by atoms with Crippen LogP contribution in [-0.2, 0) is 31.4 Å². The molecule has 0 radical (unpaired) electrons. The second kappa shape index (κ2) is 10.5. The van der Waals surface area contributed by atoms with E-state index in [1.54, 1.807) is 17.0 Å². The summed E-state index contributed by atoms with van der Waals surface area (Å²) in [6, 6.07) is 3.37. The van der Waals surface area contributed by atoms with Crippen LogP contribution in [0.4, 0.5) is 0 Å². The molecule has 3 aliphatic rings. The quantitative estimate of drug-likeness (QED) is 0.593. The number of amides is 1. The Morgan fingerprint density at radius 2 is 1.65 bits per heavy atom. The number of sulfonamides is 2. The number of nitrogens with two attached hydrogens (primary N) is 1. The molecule has 2 aliphatic heterocycles. The average molecular weight is 533 g/mol. The number of carbonyl (C=O) groups is 1. The van der Waals surface area contributed by atoms with Crippen LogP contribution in [-0.4, -0.2) is 81.8 Å². The highest BCUT2D eigenvalue weighted by atomic mass is 32.2. The van der Waals surface area contributed by atoms with Gasteiger partial charge in [0.25, 0.3) is 10.0 Å². The van der Waals surface area contributed by atoms with Gasteiger partial charge >= 0.3 is 0 Å². The van der Waals surface area contributed by atoms with Crippen molar-refractivity contribution >= 4 is 37.3 Å². The van der Waals surface area contributed by atoms with Crippen LogP contribution in [0.3, 0.4) is 0 Å². The van der Waals surface area contributed by atoms with Crippen molar-refractivity contribution in [3.8, 4) is 0 Å². The largest absolute Gasteiger partial charge is 0.340 e. The zero-order chi connectivity index (χ0) is 24.5. The lowest BCUT2D eigenvalue weighted by atomic mass is 9.74. The first-order valence-corrected chi connectivity index (χ1v) is 16.2. The minimum atomic E-state index is -3.71. The second-order valence-electron chi connectivity index (χ2n) is 9.83. The van der Waals surface area contributed by atoms with Gasteiger partial charge in [-0.05, 0) is 30.4 Å². The maximum absolute atomic E-state index is 13.5. The van der Waals surface area contributed by atoms with Crippen LogP contribution in [0.2, 0.25) is 0 Å². The summed E-state index contributed by atoms with van der Waals surface area (Å²) in [5.74, 6) is 0.132. The van der Waals surface area contributed by atoms with E-state index in [-0.39, 0.29) is 35.7 Å². The van der Waals surface area contributed by atoms with Crippen LogP contribution < -0.4 is 5.73 Å². The number of piperazine rings is 1. The summed E-state index contributed by atoms with van der Waals surface area (Å²) >= 11 is 1.20. The Morgan fingerprint density at radius 3 is 2.24 bits per heavy atom. The molecule has 192 valence electrons. The zero-order valence-electron chi connectivity index (χ0n) is 19.8. The predicted molar refractivity (Wildman–Crippen MR) is 132 cm³/mol. The van der Waals surface area contributed by atoms with E-state index in [2.05, 4.69) is 0 Å². The maximum atomic E-state index is 13.5. The van der Waals surface area contributed by atoms with E-state index in [9.17, 15) is 21.6 Å². The molecular formula is C22H36N4O5S3. The van der Waals surface area contributed by atoms with Crippen molar-refractivity contribution in [2.75, 3.05) is 45.5 Å². The van der Waals surface area contributed by atoms with Crippen molar-refractivity contribution < 1.29 is 21.6 Å². The number of thiophene rings is 1. The minimum absolute atomic E-state index is 0.0531. The molecule has 1 amide bonds. The molecule has 0 bridgehead atoms. The fourth-order valence-corrected chi connectivity index (χ4v) is 9.41. The predicted octanol–water partition coefficient (Wildman–Crippen LogP) is 1.52. The van der Waals surface area contributed by atoms with Crippen molar-refractivity contribution in [1.82, 2.24) is 13.5 Å². The van der Waals surface area contributed by atoms with Crippen molar-refractivity contribution in [2.45, 2.75) is 49.3 Å². The van der Waals surface area contributed by atoms with E-state index in [1.807, 2.05) is 0 Å². The molecule has 34 heavy (non-hydrogen) atoms. The Morgan fingerprint density at radius 1 is 0.971 bits per heavy atom. The number of nitrogens with zero attached hydrogens (tertiary/aromatic N) is 3. The van der Waals surface area contributed by atoms with Crippen LogP contribution in [0.1, 0.15) is 43.4 Å². The highest BCUT2D eigenvalue weighted by molar-refractivity contribution is 7.91. The average Bonchev–Trinajstić information content (AvgIpc) is 3.34. The van der Waals surface area contributed by atoms with E-state index in [1.165, 1.54) is 32.6 Å². The Kier molecular flexibility index (Phi) is 8.05. The molecule has 0 spiro atoms. The van der Waals surface area contributed by atoms with Gasteiger partial charge in [-0.1, -0.05) is 32.1 Å². The first-order chi connectivity index (χ1) is 16.1. The topological polar surface area (TPSA) is 121 Å². The van der Waals surface area contributed by atoms with Crippen LogP contribution in [0.25, 0.3) is 0 Å². The van der Waals surface area contributed by atoms with Crippen LogP contribution in [0, 0.1) is 17.8 Å². The maximum Gasteiger partial charge on any atom is 0.252 e. The molecule has 3 heterocycles. The molecule has 2 saturated heterocycles. The Hall–Kier alpha value is -1.05. The molecule has 1 aliphatic carbocycles. The Balaban J connectivity index is 1.53. The van der Waals surface area contributed by atoms with Crippen LogP contribution in [0.15, 0.2) is 16.3 Å². The van der Waals surface area contributed by atoms with Crippen molar-refractivity contribution in [1.29, 1.82) is 0 Å². The standard InChI is InChI=1S/C22H36N4O5S3/c1-33(28,29)25-11-9-24(10-12-25)22(27)19-13-18(17-5-3-2-4-6-17)15-26(16-19)34(30,31)21-8-7-20(14-23)32-21/h7-8,17-19H,2-6,9-16,23H2,1H3/t18?,19-/m0/s1. The van der Waals surface area contributed by atoms with Gasteiger partial charge in [-0.15, -0.1) is 11.3 Å². The monoisotopic (exact) mass is 532 g/mol. The van der Waals surface area contributed by atoms with E-state index in [4.69, 9.17) is 5.73 Å². The highest BCUT2D eigenvalue weighted by Gasteiger charge is 2.42. The van der Waals surface area contributed by atoms with Gasteiger partial charge in [0.1, 0.15) is 4.21 Å². The molecule has 12 heteroatoms. The van der Waals surface area contributed by atoms with Gasteiger partial charge in [-0.3, -0.25) is 4.79 Å². The third-order valence-corrected chi connectivity index (χ3v) is 12.3. The van der Waals surface area contributed by atoms with Gasteiger partial charge in [0.05, 0.1) is 12.2 Å². The van der Waals surface area contributed by atoms with Crippen LogP contribution >= 0.6 is 11.3 Å². The van der Waals surface area contributed by atoms with Gasteiger partial charge < -0.3 is 10.6 Å². The molecule has 2 atom stereocenters. The number of hydrogen-bond acceptors (Lipinski definition) is 7. The van der Waals surface area contributed by atoms with E-state index >= 15 is 0 Å². The highest BCUT2D eigenvalue weighted by Crippen LogP contribution is 2.39. The summed E-state index contributed by atoms with van der Waals surface area (Å²) in [5, 5.41) is 0. The number of rotatable bonds is 6. The number of hydrogen-bond donors (Lipinski definition) is 1. The van der Waals surface area contributed by atoms with E-state index in [0.717, 1.165) is 30.6 Å². The first-order valence-electron chi connectivity index (χ1n) is 12.1. The zero-order valence-corrected chi connectivity index (χ0v) is 22.2. The molecule has 3 fully saturated rings. The summed E-state index contributed by atoms with van der Waals surface area (Å²) in [7, 11) is -6.99. The summed E-state index contributed by atoms with van der Waals surface area (Å²) in [5.41, 5.74) is 5.70. The Labute approximate surface area is 207 Å². The second-order valence-corrected chi connectivity index (χ2v) is 15.1. The third-order valence-electron chi connectivity index (χ3n) is 7.57. The smallest absolute Gasteiger partial charge is 0.252 e. The van der Waals surface area contributed by atoms with Crippen molar-refractivity contribution in [3.05, 3.63) is 17.0 Å². The number of piperidine rings is 1. The third kappa shape index (κ3) is 5.67. The summed E-state index contributed by atoms with van der Waals surface area (Å²) < 4.78 is 54.0. The number of carbonyl (C=O) groups excluding carboxylic acids is 1. The van der Waals surface area contributed by atoms with Gasteiger partial charge in [0, 0.05) is 50.7 Å². The summed E-state index contributed by atoms with van der Waals surface area (Å²) in [6.07, 6.45) is 7.58. The van der Waals surface area contributed by atoms with E-state index < -0.39 is 26.0 Å². The fraction of sp³-hybridized carbons (Fsp3) is 0.773. The van der Waals surface area contributed by atoms with Gasteiger partial charge in [0.2, 0.25) is 15.9 Å². The summed E-state index contributed by atoms with van der Waals surface area (Å²) in [6.45, 7) is 2.17. The fourth-order valence-electron chi connectivity index (χ4n) is 5.65. The molecular weight excluding hydrogens is 496 g/mol. The molecule has 2 N–H and O–H groups in total. The molecule has 0 aromatic carbocycles. The van der Waals surface area contributed by atoms with E-state index in [0.29, 0.717) is 38.5 Å². The molecule has 1 aromatic heterocycles. The van der Waals surface area contributed by atoms with Gasteiger partial charge in [0.15, 0.2) is 0 Å². The molecule has 1 saturated carbocycles.